The molecule has 0 saturated heterocycles. The second-order valence-electron chi connectivity index (χ2n) is 3.59. The molecule has 1 N–H and O–H groups in total. The molecule has 0 radical (unpaired) electrons. The predicted octanol–water partition coefficient (Wildman–Crippen LogP) is 4.52. The number of benzene rings is 1. The van der Waals surface area contributed by atoms with Crippen LogP contribution >= 0.6 is 39.1 Å². The molecule has 2 rings (SSSR count). The first-order valence-electron chi connectivity index (χ1n) is 4.60. The van der Waals surface area contributed by atoms with Crippen LogP contribution in [0.5, 0.6) is 0 Å². The molecule has 1 aromatic carbocycles. The minimum absolute atomic E-state index is 0.0796. The van der Waals surface area contributed by atoms with Crippen molar-refractivity contribution < 1.29 is 18.0 Å². The molecule has 1 aliphatic heterocycles. The molecule has 98 valence electrons. The van der Waals surface area contributed by atoms with Gasteiger partial charge in [-0.05, 0) is 40.2 Å². The van der Waals surface area contributed by atoms with E-state index in [2.05, 4.69) is 26.2 Å². The number of hydrogen-bond acceptors (Lipinski definition) is 2. The summed E-state index contributed by atoms with van der Waals surface area (Å²) in [7, 11) is 0. The summed E-state index contributed by atoms with van der Waals surface area (Å²) in [6.45, 7) is 0. The van der Waals surface area contributed by atoms with Crippen LogP contribution < -0.4 is 5.48 Å². The first-order chi connectivity index (χ1) is 8.24. The molecule has 18 heavy (non-hydrogen) atoms. The Kier molecular flexibility index (Phi) is 3.57. The third kappa shape index (κ3) is 2.34. The monoisotopic (exact) mass is 361 g/mol. The Morgan fingerprint density at radius 1 is 1.17 bits per heavy atom. The fourth-order valence-electron chi connectivity index (χ4n) is 1.58. The number of hydrogen-bond donors (Lipinski definition) is 1. The lowest BCUT2D eigenvalue weighted by atomic mass is 9.93. The van der Waals surface area contributed by atoms with Gasteiger partial charge in [-0.1, -0.05) is 23.2 Å². The number of halogens is 6. The fourth-order valence-corrected chi connectivity index (χ4v) is 2.51. The van der Waals surface area contributed by atoms with E-state index >= 15 is 0 Å². The first-order valence-corrected chi connectivity index (χ1v) is 6.15. The molecule has 0 amide bonds. The molecule has 1 atom stereocenters. The van der Waals surface area contributed by atoms with Crippen LogP contribution in [0.2, 0.25) is 10.0 Å². The molecule has 0 saturated carbocycles. The molecule has 1 heterocycles. The van der Waals surface area contributed by atoms with E-state index in [0.29, 0.717) is 0 Å². The van der Waals surface area contributed by atoms with Crippen LogP contribution in [0.3, 0.4) is 0 Å². The minimum atomic E-state index is -4.66. The van der Waals surface area contributed by atoms with Gasteiger partial charge in [0, 0.05) is 15.6 Å². The summed E-state index contributed by atoms with van der Waals surface area (Å²) < 4.78 is 39.7. The SMILES string of the molecule is FC(F)(F)C1(c2cc(Cl)cc(Cl)c2)C=C(Br)NO1. The van der Waals surface area contributed by atoms with Crippen molar-refractivity contribution in [1.29, 1.82) is 0 Å². The zero-order chi connectivity index (χ0) is 13.6. The number of rotatable bonds is 1. The Bertz CT molecular complexity index is 500. The van der Waals surface area contributed by atoms with E-state index in [4.69, 9.17) is 23.2 Å². The zero-order valence-electron chi connectivity index (χ0n) is 8.49. The van der Waals surface area contributed by atoms with Gasteiger partial charge in [0.15, 0.2) is 0 Å². The van der Waals surface area contributed by atoms with Crippen molar-refractivity contribution in [1.82, 2.24) is 5.48 Å². The lowest BCUT2D eigenvalue weighted by Gasteiger charge is -2.28. The highest BCUT2D eigenvalue weighted by molar-refractivity contribution is 9.11. The van der Waals surface area contributed by atoms with Gasteiger partial charge in [0.2, 0.25) is 5.60 Å². The van der Waals surface area contributed by atoms with Crippen LogP contribution in [0.15, 0.2) is 28.9 Å². The summed E-state index contributed by atoms with van der Waals surface area (Å²) >= 11 is 14.3. The molecule has 2 nitrogen and oxygen atoms in total. The Hall–Kier alpha value is -0.430. The topological polar surface area (TPSA) is 21.3 Å². The van der Waals surface area contributed by atoms with Gasteiger partial charge >= 0.3 is 6.18 Å². The van der Waals surface area contributed by atoms with Gasteiger partial charge in [-0.25, -0.2) is 0 Å². The van der Waals surface area contributed by atoms with Crippen molar-refractivity contribution in [2.24, 2.45) is 0 Å². The van der Waals surface area contributed by atoms with Crippen LogP contribution in [-0.4, -0.2) is 6.18 Å². The summed E-state index contributed by atoms with van der Waals surface area (Å²) in [4.78, 5) is 4.68. The second-order valence-corrected chi connectivity index (χ2v) is 5.32. The normalized spacial score (nSPS) is 23.8. The Morgan fingerprint density at radius 2 is 1.72 bits per heavy atom. The highest BCUT2D eigenvalue weighted by Gasteiger charge is 2.59. The average molecular weight is 363 g/mol. The number of alkyl halides is 3. The van der Waals surface area contributed by atoms with E-state index in [1.165, 1.54) is 6.07 Å². The highest BCUT2D eigenvalue weighted by Crippen LogP contribution is 2.47. The van der Waals surface area contributed by atoms with Crippen molar-refractivity contribution in [2.45, 2.75) is 11.8 Å². The van der Waals surface area contributed by atoms with Crippen LogP contribution in [0.25, 0.3) is 0 Å². The molecular weight excluding hydrogens is 358 g/mol. The largest absolute Gasteiger partial charge is 0.428 e. The zero-order valence-corrected chi connectivity index (χ0v) is 11.6. The van der Waals surface area contributed by atoms with Crippen LogP contribution in [0.4, 0.5) is 13.2 Å². The maximum atomic E-state index is 13.2. The Balaban J connectivity index is 2.62. The van der Waals surface area contributed by atoms with E-state index in [9.17, 15) is 13.2 Å². The van der Waals surface area contributed by atoms with E-state index in [-0.39, 0.29) is 20.2 Å². The molecule has 0 bridgehead atoms. The third-order valence-corrected chi connectivity index (χ3v) is 3.18. The van der Waals surface area contributed by atoms with Crippen molar-refractivity contribution >= 4 is 39.1 Å². The van der Waals surface area contributed by atoms with Crippen LogP contribution in [0.1, 0.15) is 5.56 Å². The summed E-state index contributed by atoms with van der Waals surface area (Å²) in [5, 5.41) is 0.197. The highest BCUT2D eigenvalue weighted by atomic mass is 79.9. The standard InChI is InChI=1S/C10H5BrCl2F3NO/c11-8-4-9(18-17-8,10(14,15)16)5-1-6(12)3-7(13)2-5/h1-4,17H. The average Bonchev–Trinajstić information content (AvgIpc) is 2.59. The van der Waals surface area contributed by atoms with E-state index in [0.717, 1.165) is 18.2 Å². The van der Waals surface area contributed by atoms with Crippen molar-refractivity contribution in [3.63, 3.8) is 0 Å². The molecular formula is C10H5BrCl2F3NO. The molecule has 8 heteroatoms. The lowest BCUT2D eigenvalue weighted by Crippen LogP contribution is -2.42. The van der Waals surface area contributed by atoms with Crippen LogP contribution in [0, 0.1) is 0 Å². The quantitative estimate of drug-likeness (QED) is 0.741. The summed E-state index contributed by atoms with van der Waals surface area (Å²) in [5.74, 6) is 0. The van der Waals surface area contributed by atoms with Crippen molar-refractivity contribution in [3.8, 4) is 0 Å². The van der Waals surface area contributed by atoms with Gasteiger partial charge in [-0.3, -0.25) is 10.3 Å². The first kappa shape index (κ1) is 14.0. The smallest absolute Gasteiger partial charge is 0.259 e. The number of hydroxylamine groups is 1. The molecule has 1 aromatic rings. The third-order valence-electron chi connectivity index (χ3n) is 2.35. The molecule has 0 aliphatic carbocycles. The van der Waals surface area contributed by atoms with Gasteiger partial charge in [-0.2, -0.15) is 13.2 Å². The van der Waals surface area contributed by atoms with Gasteiger partial charge in [0.1, 0.15) is 4.61 Å². The lowest BCUT2D eigenvalue weighted by molar-refractivity contribution is -0.269. The molecule has 0 fully saturated rings. The Labute approximate surface area is 119 Å². The molecule has 0 spiro atoms. The summed E-state index contributed by atoms with van der Waals surface area (Å²) in [6, 6.07) is 3.66. The fraction of sp³-hybridized carbons (Fsp3) is 0.200. The maximum absolute atomic E-state index is 13.2. The Morgan fingerprint density at radius 3 is 2.11 bits per heavy atom. The van der Waals surface area contributed by atoms with E-state index in [1.54, 1.807) is 0 Å². The summed E-state index contributed by atoms with van der Waals surface area (Å²) in [5.41, 5.74) is -0.684. The van der Waals surface area contributed by atoms with Gasteiger partial charge in [0.05, 0.1) is 0 Å². The summed E-state index contributed by atoms with van der Waals surface area (Å²) in [6.07, 6.45) is -3.79. The molecule has 1 aliphatic rings. The minimum Gasteiger partial charge on any atom is -0.259 e. The van der Waals surface area contributed by atoms with E-state index in [1.807, 2.05) is 0 Å². The van der Waals surface area contributed by atoms with E-state index < -0.39 is 11.8 Å². The van der Waals surface area contributed by atoms with Gasteiger partial charge in [-0.15, -0.1) is 0 Å². The van der Waals surface area contributed by atoms with Crippen LogP contribution in [-0.2, 0) is 10.4 Å². The predicted molar refractivity (Wildman–Crippen MR) is 65.4 cm³/mol. The number of nitrogens with one attached hydrogen (secondary N) is 1. The molecule has 1 unspecified atom stereocenters. The maximum Gasteiger partial charge on any atom is 0.428 e. The molecule has 0 aromatic heterocycles. The van der Waals surface area contributed by atoms with Gasteiger partial charge < -0.3 is 0 Å². The van der Waals surface area contributed by atoms with Crippen molar-refractivity contribution in [3.05, 3.63) is 44.5 Å². The van der Waals surface area contributed by atoms with Crippen molar-refractivity contribution in [2.75, 3.05) is 0 Å². The second kappa shape index (κ2) is 4.59. The van der Waals surface area contributed by atoms with Gasteiger partial charge in [0.25, 0.3) is 0 Å².